The number of hydrogen-bond acceptors (Lipinski definition) is 4. The predicted molar refractivity (Wildman–Crippen MR) is 97.7 cm³/mol. The number of rotatable bonds is 3. The van der Waals surface area contributed by atoms with Crippen LogP contribution in [0.5, 0.6) is 0 Å². The van der Waals surface area contributed by atoms with Crippen molar-refractivity contribution in [1.29, 1.82) is 0 Å². The first-order chi connectivity index (χ1) is 12.3. The van der Waals surface area contributed by atoms with Crippen LogP contribution in [0.25, 0.3) is 0 Å². The van der Waals surface area contributed by atoms with Crippen molar-refractivity contribution in [2.45, 2.75) is 45.4 Å². The average Bonchev–Trinajstić information content (AvgIpc) is 2.83. The van der Waals surface area contributed by atoms with E-state index in [2.05, 4.69) is 18.3 Å². The lowest BCUT2D eigenvalue weighted by Crippen LogP contribution is -2.32. The maximum absolute atomic E-state index is 11.9. The molecule has 0 unspecified atom stereocenters. The van der Waals surface area contributed by atoms with Crippen molar-refractivity contribution in [2.75, 3.05) is 25.0 Å². The van der Waals surface area contributed by atoms with E-state index >= 15 is 0 Å². The molecule has 1 aromatic carbocycles. The van der Waals surface area contributed by atoms with Crippen molar-refractivity contribution in [2.24, 2.45) is 0 Å². The molecule has 0 saturated heterocycles. The maximum Gasteiger partial charge on any atom is 0.303 e. The second-order valence-corrected chi connectivity index (χ2v) is 6.64. The van der Waals surface area contributed by atoms with Crippen LogP contribution in [0.15, 0.2) is 6.07 Å². The Labute approximate surface area is 153 Å². The number of aryl methyl sites for hydroxylation is 1. The van der Waals surface area contributed by atoms with Gasteiger partial charge in [0.15, 0.2) is 0 Å². The second-order valence-electron chi connectivity index (χ2n) is 6.64. The van der Waals surface area contributed by atoms with Crippen LogP contribution in [-0.2, 0) is 33.6 Å². The molecule has 3 rings (SSSR count). The van der Waals surface area contributed by atoms with Crippen molar-refractivity contribution in [3.63, 3.8) is 0 Å². The van der Waals surface area contributed by atoms with Gasteiger partial charge in [0.25, 0.3) is 0 Å². The third-order valence-corrected chi connectivity index (χ3v) is 4.84. The first-order valence-corrected chi connectivity index (χ1v) is 8.86. The summed E-state index contributed by atoms with van der Waals surface area (Å²) in [6, 6.07) is 2.34. The number of carboxylic acids is 2. The zero-order valence-electron chi connectivity index (χ0n) is 15.3. The van der Waals surface area contributed by atoms with Crippen molar-refractivity contribution in [3.8, 4) is 0 Å². The fraction of sp³-hybridized carbons (Fsp3) is 0.526. The van der Waals surface area contributed by atoms with Crippen LogP contribution in [-0.4, -0.2) is 48.2 Å². The van der Waals surface area contributed by atoms with E-state index in [0.29, 0.717) is 6.42 Å². The van der Waals surface area contributed by atoms with Gasteiger partial charge in [-0.3, -0.25) is 14.4 Å². The van der Waals surface area contributed by atoms with Gasteiger partial charge in [0.05, 0.1) is 12.8 Å². The summed E-state index contributed by atoms with van der Waals surface area (Å²) in [7, 11) is 1.91. The summed E-state index contributed by atoms with van der Waals surface area (Å²) >= 11 is 0. The molecule has 142 valence electrons. The average molecular weight is 362 g/mol. The van der Waals surface area contributed by atoms with E-state index in [9.17, 15) is 14.4 Å². The molecule has 2 aliphatic rings. The van der Waals surface area contributed by atoms with Gasteiger partial charge in [-0.2, -0.15) is 0 Å². The molecule has 0 radical (unpaired) electrons. The van der Waals surface area contributed by atoms with Gasteiger partial charge < -0.3 is 20.4 Å². The molecular weight excluding hydrogens is 336 g/mol. The Bertz CT molecular complexity index is 700. The van der Waals surface area contributed by atoms with Gasteiger partial charge in [0.2, 0.25) is 5.91 Å². The first-order valence-electron chi connectivity index (χ1n) is 8.86. The van der Waals surface area contributed by atoms with E-state index in [1.807, 2.05) is 11.9 Å². The molecule has 0 aliphatic carbocycles. The molecule has 0 fully saturated rings. The Kier molecular flexibility index (Phi) is 6.74. The zero-order valence-corrected chi connectivity index (χ0v) is 15.3. The molecular formula is C19H26N2O5. The van der Waals surface area contributed by atoms with Crippen LogP contribution >= 0.6 is 0 Å². The number of aliphatic carboxylic acids is 2. The minimum Gasteiger partial charge on any atom is -0.481 e. The lowest BCUT2D eigenvalue weighted by molar-refractivity contribution is -0.143. The van der Waals surface area contributed by atoms with Crippen LogP contribution in [0, 0.1) is 6.92 Å². The molecule has 2 aliphatic heterocycles. The number of carbonyl (C=O) groups excluding carboxylic acids is 1. The summed E-state index contributed by atoms with van der Waals surface area (Å²) in [4.78, 5) is 33.0. The monoisotopic (exact) mass is 362 g/mol. The van der Waals surface area contributed by atoms with E-state index in [-0.39, 0.29) is 18.7 Å². The molecule has 7 heteroatoms. The number of hydrogen-bond donors (Lipinski definition) is 3. The highest BCUT2D eigenvalue weighted by molar-refractivity contribution is 5.97. The lowest BCUT2D eigenvalue weighted by Gasteiger charge is -2.30. The molecule has 7 nitrogen and oxygen atoms in total. The van der Waals surface area contributed by atoms with Gasteiger partial charge in [-0.25, -0.2) is 0 Å². The molecule has 0 atom stereocenters. The summed E-state index contributed by atoms with van der Waals surface area (Å²) < 4.78 is 0. The minimum atomic E-state index is -1.08. The van der Waals surface area contributed by atoms with Crippen molar-refractivity contribution >= 4 is 23.5 Å². The molecule has 0 spiro atoms. The summed E-state index contributed by atoms with van der Waals surface area (Å²) in [5, 5.41) is 19.2. The molecule has 26 heavy (non-hydrogen) atoms. The number of benzene rings is 1. The summed E-state index contributed by atoms with van der Waals surface area (Å²) in [6.07, 6.45) is 3.16. The molecule has 0 bridgehead atoms. The molecule has 3 N–H and O–H groups in total. The van der Waals surface area contributed by atoms with Gasteiger partial charge in [-0.05, 0) is 61.5 Å². The van der Waals surface area contributed by atoms with E-state index in [0.717, 1.165) is 32.4 Å². The lowest BCUT2D eigenvalue weighted by atomic mass is 9.89. The highest BCUT2D eigenvalue weighted by Crippen LogP contribution is 2.35. The quantitative estimate of drug-likeness (QED) is 0.753. The largest absolute Gasteiger partial charge is 0.481 e. The number of nitrogens with zero attached hydrogens (tertiary/aromatic N) is 1. The molecule has 0 aromatic heterocycles. The van der Waals surface area contributed by atoms with E-state index < -0.39 is 11.9 Å². The predicted octanol–water partition coefficient (Wildman–Crippen LogP) is 1.53. The highest BCUT2D eigenvalue weighted by atomic mass is 16.4. The number of anilines is 1. The van der Waals surface area contributed by atoms with Gasteiger partial charge in [-0.1, -0.05) is 6.07 Å². The van der Waals surface area contributed by atoms with Gasteiger partial charge in [0.1, 0.15) is 0 Å². The molecule has 0 saturated carbocycles. The maximum atomic E-state index is 11.9. The Morgan fingerprint density at radius 1 is 1.04 bits per heavy atom. The fourth-order valence-electron chi connectivity index (χ4n) is 3.53. The molecule has 2 heterocycles. The summed E-state index contributed by atoms with van der Waals surface area (Å²) in [5.74, 6) is -1.91. The third-order valence-electron chi connectivity index (χ3n) is 4.84. The van der Waals surface area contributed by atoms with E-state index in [4.69, 9.17) is 10.2 Å². The summed E-state index contributed by atoms with van der Waals surface area (Å²) in [6.45, 7) is 4.29. The Morgan fingerprint density at radius 2 is 1.65 bits per heavy atom. The molecule has 1 amide bonds. The topological polar surface area (TPSA) is 107 Å². The van der Waals surface area contributed by atoms with Crippen molar-refractivity contribution in [1.82, 2.24) is 5.32 Å². The van der Waals surface area contributed by atoms with Crippen LogP contribution < -0.4 is 10.2 Å². The van der Waals surface area contributed by atoms with Gasteiger partial charge in [-0.15, -0.1) is 0 Å². The first kappa shape index (κ1) is 19.9. The van der Waals surface area contributed by atoms with Crippen molar-refractivity contribution < 1.29 is 24.6 Å². The van der Waals surface area contributed by atoms with E-state index in [1.54, 1.807) is 0 Å². The number of carbonyl (C=O) groups is 3. The zero-order chi connectivity index (χ0) is 19.3. The normalized spacial score (nSPS) is 15.9. The van der Waals surface area contributed by atoms with Crippen LogP contribution in [0.3, 0.4) is 0 Å². The van der Waals surface area contributed by atoms with Crippen molar-refractivity contribution in [3.05, 3.63) is 28.3 Å². The van der Waals surface area contributed by atoms with E-state index in [1.165, 1.54) is 27.9 Å². The SMILES string of the molecule is Cc1c2c(cc3c1N(C)C(=O)CC3)CCNCC2.O=C(O)CCC(=O)O. The minimum absolute atomic E-state index is 0.247. The molecule has 1 aromatic rings. The highest BCUT2D eigenvalue weighted by Gasteiger charge is 2.25. The summed E-state index contributed by atoms with van der Waals surface area (Å²) in [5.41, 5.74) is 6.79. The number of amides is 1. The number of fused-ring (bicyclic) bond motifs is 2. The number of nitrogens with one attached hydrogen (secondary N) is 1. The Hall–Kier alpha value is -2.41. The third kappa shape index (κ3) is 4.82. The second kappa shape index (κ2) is 8.80. The van der Waals surface area contributed by atoms with Gasteiger partial charge in [0, 0.05) is 19.2 Å². The number of carboxylic acid groups (broad SMARTS) is 2. The fourth-order valence-corrected chi connectivity index (χ4v) is 3.53. The van der Waals surface area contributed by atoms with Crippen LogP contribution in [0.2, 0.25) is 0 Å². The Balaban J connectivity index is 0.000000260. The standard InChI is InChI=1S/C15H20N2O.C4H6O4/c1-10-13-6-8-16-7-5-11(13)9-12-3-4-14(18)17(2)15(10)12;5-3(6)1-2-4(7)8/h9,16H,3-8H2,1-2H3;1-2H2,(H,5,6)(H,7,8). The van der Waals surface area contributed by atoms with Crippen LogP contribution in [0.4, 0.5) is 5.69 Å². The van der Waals surface area contributed by atoms with Gasteiger partial charge >= 0.3 is 11.9 Å². The Morgan fingerprint density at radius 3 is 2.27 bits per heavy atom. The van der Waals surface area contributed by atoms with Crippen LogP contribution in [0.1, 0.15) is 41.5 Å². The smallest absolute Gasteiger partial charge is 0.303 e.